The van der Waals surface area contributed by atoms with Crippen molar-refractivity contribution in [3.8, 4) is 0 Å². The van der Waals surface area contributed by atoms with Gasteiger partial charge in [0, 0.05) is 31.1 Å². The molecule has 1 atom stereocenters. The predicted octanol–water partition coefficient (Wildman–Crippen LogP) is 3.24. The number of fused-ring (bicyclic) bond motifs is 1. The first kappa shape index (κ1) is 22.0. The normalized spacial score (nSPS) is 17.3. The predicted molar refractivity (Wildman–Crippen MR) is 116 cm³/mol. The van der Waals surface area contributed by atoms with Crippen molar-refractivity contribution >= 4 is 37.4 Å². The summed E-state index contributed by atoms with van der Waals surface area (Å²) in [6.07, 6.45) is 0. The summed E-state index contributed by atoms with van der Waals surface area (Å²) in [5, 5.41) is 0.876. The minimum atomic E-state index is -4.27. The Bertz CT molecular complexity index is 1230. The smallest absolute Gasteiger partial charge is 0.249 e. The Morgan fingerprint density at radius 2 is 1.71 bits per heavy atom. The Balaban J connectivity index is 1.53. The van der Waals surface area contributed by atoms with Gasteiger partial charge in [-0.1, -0.05) is 6.07 Å². The Morgan fingerprint density at radius 1 is 1.10 bits per heavy atom. The van der Waals surface area contributed by atoms with Gasteiger partial charge in [-0.25, -0.2) is 27.2 Å². The van der Waals surface area contributed by atoms with E-state index in [2.05, 4.69) is 9.97 Å². The zero-order chi connectivity index (χ0) is 22.5. The molecule has 1 saturated heterocycles. The first-order valence-electron chi connectivity index (χ1n) is 9.82. The van der Waals surface area contributed by atoms with Gasteiger partial charge in [-0.3, -0.25) is 4.90 Å². The Labute approximate surface area is 183 Å². The van der Waals surface area contributed by atoms with Gasteiger partial charge in [0.25, 0.3) is 0 Å². The van der Waals surface area contributed by atoms with Gasteiger partial charge in [0.2, 0.25) is 10.0 Å². The van der Waals surface area contributed by atoms with Crippen molar-refractivity contribution in [1.82, 2.24) is 19.2 Å². The summed E-state index contributed by atoms with van der Waals surface area (Å²) >= 11 is 1.57. The average molecular weight is 468 g/mol. The van der Waals surface area contributed by atoms with Crippen LogP contribution < -0.4 is 5.73 Å². The van der Waals surface area contributed by atoms with E-state index in [-0.39, 0.29) is 19.1 Å². The molecule has 2 aromatic heterocycles. The highest BCUT2D eigenvalue weighted by atomic mass is 32.2. The van der Waals surface area contributed by atoms with E-state index < -0.39 is 26.6 Å². The molecule has 3 aromatic rings. The van der Waals surface area contributed by atoms with Crippen molar-refractivity contribution in [2.45, 2.75) is 31.7 Å². The first-order chi connectivity index (χ1) is 14.6. The minimum absolute atomic E-state index is 0.107. The van der Waals surface area contributed by atoms with E-state index in [1.165, 1.54) is 0 Å². The highest BCUT2D eigenvalue weighted by Crippen LogP contribution is 2.33. The third-order valence-electron chi connectivity index (χ3n) is 5.79. The fourth-order valence-electron chi connectivity index (χ4n) is 3.84. The van der Waals surface area contributed by atoms with Crippen LogP contribution in [0.1, 0.15) is 29.2 Å². The summed E-state index contributed by atoms with van der Waals surface area (Å²) < 4.78 is 54.8. The van der Waals surface area contributed by atoms with E-state index in [0.29, 0.717) is 24.7 Å². The van der Waals surface area contributed by atoms with Crippen LogP contribution in [0, 0.1) is 25.5 Å². The summed E-state index contributed by atoms with van der Waals surface area (Å²) in [4.78, 5) is 12.3. The molecule has 1 unspecified atom stereocenters. The highest BCUT2D eigenvalue weighted by Gasteiger charge is 2.34. The number of hydrogen-bond acceptors (Lipinski definition) is 7. The molecule has 0 aliphatic carbocycles. The van der Waals surface area contributed by atoms with Crippen LogP contribution in [0.5, 0.6) is 0 Å². The van der Waals surface area contributed by atoms with Gasteiger partial charge in [-0.05, 0) is 38.5 Å². The molecule has 3 heterocycles. The molecule has 1 aliphatic heterocycles. The number of nitrogen functional groups attached to an aromatic ring is 1. The molecular formula is C20H23F2N5O2S2. The van der Waals surface area contributed by atoms with Crippen molar-refractivity contribution < 1.29 is 17.2 Å². The molecule has 0 radical (unpaired) electrons. The van der Waals surface area contributed by atoms with Crippen LogP contribution in [0.2, 0.25) is 0 Å². The summed E-state index contributed by atoms with van der Waals surface area (Å²) in [5.41, 5.74) is 7.27. The highest BCUT2D eigenvalue weighted by molar-refractivity contribution is 7.89. The number of halogens is 2. The first-order valence-corrected chi connectivity index (χ1v) is 12.1. The monoisotopic (exact) mass is 467 g/mol. The maximum absolute atomic E-state index is 14.0. The maximum atomic E-state index is 14.0. The van der Waals surface area contributed by atoms with Gasteiger partial charge < -0.3 is 5.73 Å². The van der Waals surface area contributed by atoms with Crippen molar-refractivity contribution in [1.29, 1.82) is 0 Å². The molecule has 0 bridgehead atoms. The van der Waals surface area contributed by atoms with Crippen LogP contribution in [0.25, 0.3) is 10.2 Å². The molecule has 166 valence electrons. The quantitative estimate of drug-likeness (QED) is 0.633. The average Bonchev–Trinajstić information content (AvgIpc) is 3.01. The number of thiophene rings is 1. The largest absolute Gasteiger partial charge is 0.383 e. The Kier molecular flexibility index (Phi) is 5.71. The lowest BCUT2D eigenvalue weighted by Gasteiger charge is -2.36. The third-order valence-corrected chi connectivity index (χ3v) is 8.84. The second kappa shape index (κ2) is 8.05. The molecule has 11 heteroatoms. The molecule has 1 fully saturated rings. The van der Waals surface area contributed by atoms with Crippen LogP contribution in [-0.4, -0.2) is 53.8 Å². The number of anilines is 1. The lowest BCUT2D eigenvalue weighted by Crippen LogP contribution is -2.49. The molecule has 1 aliphatic rings. The molecule has 2 N–H and O–H groups in total. The fraction of sp³-hybridized carbons (Fsp3) is 0.400. The number of benzene rings is 1. The second-order valence-corrected chi connectivity index (χ2v) is 10.7. The van der Waals surface area contributed by atoms with Crippen molar-refractivity contribution in [2.75, 3.05) is 31.9 Å². The Morgan fingerprint density at radius 3 is 2.32 bits per heavy atom. The molecule has 1 aromatic carbocycles. The zero-order valence-electron chi connectivity index (χ0n) is 17.4. The van der Waals surface area contributed by atoms with Crippen molar-refractivity contribution in [2.24, 2.45) is 0 Å². The number of hydrogen-bond donors (Lipinski definition) is 1. The third kappa shape index (κ3) is 3.79. The minimum Gasteiger partial charge on any atom is -0.383 e. The molecule has 0 saturated carbocycles. The van der Waals surface area contributed by atoms with E-state index >= 15 is 0 Å². The summed E-state index contributed by atoms with van der Waals surface area (Å²) in [6.45, 7) is 6.91. The van der Waals surface area contributed by atoms with Gasteiger partial charge >= 0.3 is 0 Å². The summed E-state index contributed by atoms with van der Waals surface area (Å²) in [6, 6.07) is 2.84. The number of aryl methyl sites for hydroxylation is 2. The topological polar surface area (TPSA) is 92.4 Å². The number of aromatic nitrogens is 2. The molecule has 7 nitrogen and oxygen atoms in total. The standard InChI is InChI=1S/C20H23F2N5O2S2/c1-11-13(3)30-20-16(11)18(23)24-19(25-20)12(2)26-7-9-27(10-8-26)31(28,29)17-14(21)5-4-6-15(17)22/h4-6,12H,7-10H2,1-3H3,(H2,23,24,25). The van der Waals surface area contributed by atoms with Gasteiger partial charge in [0.1, 0.15) is 28.1 Å². The Hall–Kier alpha value is -2.21. The molecule has 31 heavy (non-hydrogen) atoms. The SMILES string of the molecule is Cc1sc2nc(C(C)N3CCN(S(=O)(=O)c4c(F)cccc4F)CC3)nc(N)c2c1C. The second-order valence-electron chi connectivity index (χ2n) is 7.60. The maximum Gasteiger partial charge on any atom is 0.249 e. The van der Waals surface area contributed by atoms with Crippen LogP contribution in [0.15, 0.2) is 23.1 Å². The van der Waals surface area contributed by atoms with Crippen LogP contribution in [-0.2, 0) is 10.0 Å². The van der Waals surface area contributed by atoms with Crippen LogP contribution >= 0.6 is 11.3 Å². The summed E-state index contributed by atoms with van der Waals surface area (Å²) in [7, 11) is -4.27. The lowest BCUT2D eigenvalue weighted by molar-refractivity contribution is 0.141. The molecular weight excluding hydrogens is 444 g/mol. The van der Waals surface area contributed by atoms with Gasteiger partial charge in [0.15, 0.2) is 4.90 Å². The lowest BCUT2D eigenvalue weighted by atomic mass is 10.2. The number of sulfonamides is 1. The van der Waals surface area contributed by atoms with Gasteiger partial charge in [-0.15, -0.1) is 11.3 Å². The van der Waals surface area contributed by atoms with Gasteiger partial charge in [-0.2, -0.15) is 4.31 Å². The number of rotatable bonds is 4. The van der Waals surface area contributed by atoms with E-state index in [4.69, 9.17) is 5.73 Å². The number of piperazine rings is 1. The summed E-state index contributed by atoms with van der Waals surface area (Å²) in [5.74, 6) is -1.17. The van der Waals surface area contributed by atoms with E-state index in [9.17, 15) is 17.2 Å². The number of nitrogens with zero attached hydrogens (tertiary/aromatic N) is 4. The van der Waals surface area contributed by atoms with E-state index in [1.54, 1.807) is 11.3 Å². The van der Waals surface area contributed by atoms with Gasteiger partial charge in [0.05, 0.1) is 11.4 Å². The van der Waals surface area contributed by atoms with Crippen LogP contribution in [0.4, 0.5) is 14.6 Å². The van der Waals surface area contributed by atoms with Crippen molar-refractivity contribution in [3.63, 3.8) is 0 Å². The van der Waals surface area contributed by atoms with Crippen molar-refractivity contribution in [3.05, 3.63) is 46.1 Å². The van der Waals surface area contributed by atoms with E-state index in [1.807, 2.05) is 25.7 Å². The molecule has 0 spiro atoms. The van der Waals surface area contributed by atoms with Crippen LogP contribution in [0.3, 0.4) is 0 Å². The fourth-order valence-corrected chi connectivity index (χ4v) is 6.41. The number of nitrogens with two attached hydrogens (primary N) is 1. The zero-order valence-corrected chi connectivity index (χ0v) is 19.0. The molecule has 0 amide bonds. The van der Waals surface area contributed by atoms with E-state index in [0.717, 1.165) is 43.2 Å². The molecule has 4 rings (SSSR count).